The SMILES string of the molecule is CCNCc1cn[nH]c1S(=O)(=O)NC(C)c1ccccn1. The minimum absolute atomic E-state index is 0.0891. The fourth-order valence-corrected chi connectivity index (χ4v) is 3.25. The Morgan fingerprint density at radius 3 is 2.86 bits per heavy atom. The third-order valence-electron chi connectivity index (χ3n) is 2.98. The highest BCUT2D eigenvalue weighted by molar-refractivity contribution is 7.89. The van der Waals surface area contributed by atoms with E-state index in [-0.39, 0.29) is 5.03 Å². The van der Waals surface area contributed by atoms with Crippen molar-refractivity contribution in [1.29, 1.82) is 0 Å². The molecular formula is C13H19N5O2S. The second kappa shape index (κ2) is 6.79. The zero-order valence-electron chi connectivity index (χ0n) is 12.0. The molecule has 0 aliphatic heterocycles. The third-order valence-corrected chi connectivity index (χ3v) is 4.53. The number of aromatic nitrogens is 3. The predicted octanol–water partition coefficient (Wildman–Crippen LogP) is 0.954. The molecule has 7 nitrogen and oxygen atoms in total. The maximum absolute atomic E-state index is 12.4. The van der Waals surface area contributed by atoms with Gasteiger partial charge < -0.3 is 5.32 Å². The summed E-state index contributed by atoms with van der Waals surface area (Å²) in [6.07, 6.45) is 3.15. The molecule has 2 heterocycles. The summed E-state index contributed by atoms with van der Waals surface area (Å²) in [4.78, 5) is 4.15. The Kier molecular flexibility index (Phi) is 5.05. The van der Waals surface area contributed by atoms with Gasteiger partial charge >= 0.3 is 0 Å². The molecule has 0 fully saturated rings. The van der Waals surface area contributed by atoms with Crippen molar-refractivity contribution in [1.82, 2.24) is 25.2 Å². The molecule has 114 valence electrons. The van der Waals surface area contributed by atoms with Gasteiger partial charge in [0.15, 0.2) is 5.03 Å². The molecule has 0 aliphatic rings. The van der Waals surface area contributed by atoms with E-state index in [2.05, 4.69) is 25.2 Å². The Morgan fingerprint density at radius 2 is 2.19 bits per heavy atom. The van der Waals surface area contributed by atoms with Crippen LogP contribution in [0.3, 0.4) is 0 Å². The zero-order chi connectivity index (χ0) is 15.3. The van der Waals surface area contributed by atoms with Crippen LogP contribution < -0.4 is 10.0 Å². The van der Waals surface area contributed by atoms with E-state index in [1.165, 1.54) is 6.20 Å². The van der Waals surface area contributed by atoms with Crippen molar-refractivity contribution in [2.45, 2.75) is 31.5 Å². The summed E-state index contributed by atoms with van der Waals surface area (Å²) in [5, 5.41) is 9.55. The topological polar surface area (TPSA) is 99.8 Å². The molecule has 0 spiro atoms. The summed E-state index contributed by atoms with van der Waals surface area (Å²) >= 11 is 0. The van der Waals surface area contributed by atoms with Gasteiger partial charge in [-0.1, -0.05) is 13.0 Å². The summed E-state index contributed by atoms with van der Waals surface area (Å²) in [5.41, 5.74) is 1.27. The number of hydrogen-bond donors (Lipinski definition) is 3. The zero-order valence-corrected chi connectivity index (χ0v) is 12.8. The Balaban J connectivity index is 2.17. The standard InChI is InChI=1S/C13H19N5O2S/c1-3-14-8-11-9-16-17-13(11)21(19,20)18-10(2)12-6-4-5-7-15-12/h4-7,9-10,14,18H,3,8H2,1-2H3,(H,16,17). The highest BCUT2D eigenvalue weighted by Crippen LogP contribution is 2.16. The summed E-state index contributed by atoms with van der Waals surface area (Å²) in [5.74, 6) is 0. The molecule has 0 amide bonds. The van der Waals surface area contributed by atoms with Gasteiger partial charge in [-0.25, -0.2) is 13.1 Å². The average Bonchev–Trinajstić information content (AvgIpc) is 2.95. The van der Waals surface area contributed by atoms with Crippen LogP contribution in [0.2, 0.25) is 0 Å². The minimum atomic E-state index is -3.67. The monoisotopic (exact) mass is 309 g/mol. The van der Waals surface area contributed by atoms with E-state index >= 15 is 0 Å². The van der Waals surface area contributed by atoms with Crippen molar-refractivity contribution in [3.8, 4) is 0 Å². The molecule has 0 saturated heterocycles. The Labute approximate surface area is 124 Å². The van der Waals surface area contributed by atoms with Crippen LogP contribution in [-0.2, 0) is 16.6 Å². The Morgan fingerprint density at radius 1 is 1.38 bits per heavy atom. The molecule has 21 heavy (non-hydrogen) atoms. The van der Waals surface area contributed by atoms with Gasteiger partial charge in [-0.2, -0.15) is 5.10 Å². The highest BCUT2D eigenvalue weighted by Gasteiger charge is 2.23. The lowest BCUT2D eigenvalue weighted by Gasteiger charge is -2.13. The number of pyridine rings is 1. The Hall–Kier alpha value is -1.77. The maximum Gasteiger partial charge on any atom is 0.258 e. The molecule has 2 rings (SSSR count). The van der Waals surface area contributed by atoms with Crippen molar-refractivity contribution in [3.63, 3.8) is 0 Å². The van der Waals surface area contributed by atoms with Gasteiger partial charge in [-0.05, 0) is 25.6 Å². The van der Waals surface area contributed by atoms with Crippen molar-refractivity contribution < 1.29 is 8.42 Å². The number of H-pyrrole nitrogens is 1. The molecule has 8 heteroatoms. The lowest BCUT2D eigenvalue weighted by atomic mass is 10.2. The molecule has 2 aromatic heterocycles. The number of nitrogens with zero attached hydrogens (tertiary/aromatic N) is 2. The van der Waals surface area contributed by atoms with E-state index in [1.54, 1.807) is 25.3 Å². The second-order valence-corrected chi connectivity index (χ2v) is 6.25. The molecule has 3 N–H and O–H groups in total. The van der Waals surface area contributed by atoms with Crippen molar-refractivity contribution >= 4 is 10.0 Å². The van der Waals surface area contributed by atoms with Crippen molar-refractivity contribution in [3.05, 3.63) is 41.9 Å². The first-order valence-corrected chi connectivity index (χ1v) is 8.19. The first-order valence-electron chi connectivity index (χ1n) is 6.71. The van der Waals surface area contributed by atoms with Crippen LogP contribution in [0.15, 0.2) is 35.6 Å². The molecule has 2 aromatic rings. The number of sulfonamides is 1. The van der Waals surface area contributed by atoms with Gasteiger partial charge in [0.2, 0.25) is 0 Å². The second-order valence-electron chi connectivity index (χ2n) is 4.60. The van der Waals surface area contributed by atoms with E-state index in [4.69, 9.17) is 0 Å². The van der Waals surface area contributed by atoms with E-state index in [0.717, 1.165) is 6.54 Å². The van der Waals surface area contributed by atoms with Crippen LogP contribution in [-0.4, -0.2) is 30.1 Å². The molecule has 0 aromatic carbocycles. The number of nitrogens with one attached hydrogen (secondary N) is 3. The first kappa shape index (κ1) is 15.6. The van der Waals surface area contributed by atoms with Crippen LogP contribution in [0.4, 0.5) is 0 Å². The Bertz CT molecular complexity index is 669. The molecule has 0 aliphatic carbocycles. The van der Waals surface area contributed by atoms with Gasteiger partial charge in [-0.3, -0.25) is 10.1 Å². The lowest BCUT2D eigenvalue weighted by Crippen LogP contribution is -2.29. The normalized spacial score (nSPS) is 13.2. The van der Waals surface area contributed by atoms with Crippen LogP contribution in [0.25, 0.3) is 0 Å². The molecule has 0 saturated carbocycles. The van der Waals surface area contributed by atoms with Gasteiger partial charge in [0.25, 0.3) is 10.0 Å². The predicted molar refractivity (Wildman–Crippen MR) is 78.9 cm³/mol. The summed E-state index contributed by atoms with van der Waals surface area (Å²) in [6.45, 7) is 4.90. The van der Waals surface area contributed by atoms with Gasteiger partial charge in [0.1, 0.15) is 0 Å². The number of rotatable bonds is 7. The quantitative estimate of drug-likeness (QED) is 0.707. The molecule has 0 bridgehead atoms. The van der Waals surface area contributed by atoms with E-state index < -0.39 is 16.1 Å². The molecule has 0 radical (unpaired) electrons. The smallest absolute Gasteiger partial charge is 0.258 e. The molecule has 1 atom stereocenters. The van der Waals surface area contributed by atoms with Crippen LogP contribution in [0.5, 0.6) is 0 Å². The fraction of sp³-hybridized carbons (Fsp3) is 0.385. The summed E-state index contributed by atoms with van der Waals surface area (Å²) in [6, 6.07) is 4.96. The van der Waals surface area contributed by atoms with Crippen LogP contribution in [0.1, 0.15) is 31.1 Å². The average molecular weight is 309 g/mol. The molecular weight excluding hydrogens is 290 g/mol. The fourth-order valence-electron chi connectivity index (χ4n) is 1.90. The highest BCUT2D eigenvalue weighted by atomic mass is 32.2. The largest absolute Gasteiger partial charge is 0.313 e. The van der Waals surface area contributed by atoms with Gasteiger partial charge in [-0.15, -0.1) is 0 Å². The van der Waals surface area contributed by atoms with Crippen LogP contribution >= 0.6 is 0 Å². The van der Waals surface area contributed by atoms with Gasteiger partial charge in [0, 0.05) is 18.3 Å². The van der Waals surface area contributed by atoms with E-state index in [0.29, 0.717) is 17.8 Å². The maximum atomic E-state index is 12.4. The third kappa shape index (κ3) is 3.87. The van der Waals surface area contributed by atoms with E-state index in [1.807, 2.05) is 13.0 Å². The van der Waals surface area contributed by atoms with Crippen molar-refractivity contribution in [2.24, 2.45) is 0 Å². The molecule has 1 unspecified atom stereocenters. The number of hydrogen-bond acceptors (Lipinski definition) is 5. The van der Waals surface area contributed by atoms with E-state index in [9.17, 15) is 8.42 Å². The minimum Gasteiger partial charge on any atom is -0.313 e. The van der Waals surface area contributed by atoms with Crippen LogP contribution in [0, 0.1) is 0 Å². The summed E-state index contributed by atoms with van der Waals surface area (Å²) in [7, 11) is -3.67. The van der Waals surface area contributed by atoms with Crippen molar-refractivity contribution in [2.75, 3.05) is 6.54 Å². The van der Waals surface area contributed by atoms with Gasteiger partial charge in [0.05, 0.1) is 17.9 Å². The summed E-state index contributed by atoms with van der Waals surface area (Å²) < 4.78 is 27.4. The first-order chi connectivity index (χ1) is 10.0. The lowest BCUT2D eigenvalue weighted by molar-refractivity contribution is 0.557. The number of aromatic amines is 1.